The molecule has 0 fully saturated rings. The molecule has 1 aromatic heterocycles. The SMILES string of the molecule is Fc1cccc(F)c1Cn1ccc(C(F)(F)F)n1. The minimum absolute atomic E-state index is 0.325. The third-order valence-electron chi connectivity index (χ3n) is 2.31. The molecule has 0 spiro atoms. The molecule has 0 bridgehead atoms. The Bertz CT molecular complexity index is 539. The van der Waals surface area contributed by atoms with Crippen LogP contribution in [0.25, 0.3) is 0 Å². The molecular weight excluding hydrogens is 255 g/mol. The summed E-state index contributed by atoms with van der Waals surface area (Å²) in [5.41, 5.74) is -1.42. The predicted molar refractivity (Wildman–Crippen MR) is 52.7 cm³/mol. The van der Waals surface area contributed by atoms with Crippen LogP contribution in [0.4, 0.5) is 22.0 Å². The Morgan fingerprint density at radius 3 is 2.17 bits per heavy atom. The second-order valence-corrected chi connectivity index (χ2v) is 3.60. The maximum absolute atomic E-state index is 13.3. The summed E-state index contributed by atoms with van der Waals surface area (Å²) in [6, 6.07) is 4.00. The van der Waals surface area contributed by atoms with Crippen molar-refractivity contribution >= 4 is 0 Å². The summed E-state index contributed by atoms with van der Waals surface area (Å²) in [6.45, 7) is -0.394. The molecule has 0 aliphatic rings. The molecule has 0 aliphatic heterocycles. The Kier molecular flexibility index (Phi) is 3.06. The van der Waals surface area contributed by atoms with Crippen LogP contribution >= 0.6 is 0 Å². The predicted octanol–water partition coefficient (Wildman–Crippen LogP) is 3.23. The largest absolute Gasteiger partial charge is 0.435 e. The number of aromatic nitrogens is 2. The normalized spacial score (nSPS) is 11.8. The number of rotatable bonds is 2. The van der Waals surface area contributed by atoms with E-state index in [1.54, 1.807) is 0 Å². The van der Waals surface area contributed by atoms with Gasteiger partial charge < -0.3 is 0 Å². The Hall–Kier alpha value is -1.92. The van der Waals surface area contributed by atoms with Gasteiger partial charge in [0.2, 0.25) is 0 Å². The first-order chi connectivity index (χ1) is 8.38. The molecule has 1 aromatic carbocycles. The molecule has 0 saturated carbocycles. The summed E-state index contributed by atoms with van der Waals surface area (Å²) in [6.07, 6.45) is -3.55. The van der Waals surface area contributed by atoms with Gasteiger partial charge in [-0.25, -0.2) is 8.78 Å². The zero-order chi connectivity index (χ0) is 13.3. The molecule has 0 unspecified atom stereocenters. The van der Waals surface area contributed by atoms with E-state index in [1.165, 1.54) is 6.07 Å². The summed E-state index contributed by atoms with van der Waals surface area (Å²) >= 11 is 0. The summed E-state index contributed by atoms with van der Waals surface area (Å²) in [5.74, 6) is -1.64. The Morgan fingerprint density at radius 1 is 1.06 bits per heavy atom. The fourth-order valence-electron chi connectivity index (χ4n) is 1.45. The zero-order valence-corrected chi connectivity index (χ0v) is 8.88. The van der Waals surface area contributed by atoms with Gasteiger partial charge in [-0.1, -0.05) is 6.07 Å². The highest BCUT2D eigenvalue weighted by molar-refractivity contribution is 5.20. The average molecular weight is 262 g/mol. The van der Waals surface area contributed by atoms with Crippen LogP contribution in [0, 0.1) is 11.6 Å². The monoisotopic (exact) mass is 262 g/mol. The third-order valence-corrected chi connectivity index (χ3v) is 2.31. The smallest absolute Gasteiger partial charge is 0.268 e. The van der Waals surface area contributed by atoms with Gasteiger partial charge in [0.15, 0.2) is 5.69 Å². The first-order valence-corrected chi connectivity index (χ1v) is 4.91. The fraction of sp³-hybridized carbons (Fsp3) is 0.182. The lowest BCUT2D eigenvalue weighted by atomic mass is 10.2. The van der Waals surface area contributed by atoms with Crippen LogP contribution in [0.5, 0.6) is 0 Å². The van der Waals surface area contributed by atoms with E-state index in [0.717, 1.165) is 29.1 Å². The molecule has 0 N–H and O–H groups in total. The van der Waals surface area contributed by atoms with E-state index in [-0.39, 0.29) is 5.56 Å². The molecule has 0 radical (unpaired) electrons. The molecular formula is C11H7F5N2. The number of hydrogen-bond acceptors (Lipinski definition) is 1. The van der Waals surface area contributed by atoms with Gasteiger partial charge in [0.05, 0.1) is 6.54 Å². The lowest BCUT2D eigenvalue weighted by molar-refractivity contribution is -0.141. The van der Waals surface area contributed by atoms with Crippen molar-refractivity contribution in [3.63, 3.8) is 0 Å². The van der Waals surface area contributed by atoms with E-state index in [2.05, 4.69) is 5.10 Å². The van der Waals surface area contributed by atoms with E-state index >= 15 is 0 Å². The standard InChI is InChI=1S/C11H7F5N2/c12-8-2-1-3-9(13)7(8)6-18-5-4-10(17-18)11(14,15)16/h1-5H,6H2. The van der Waals surface area contributed by atoms with Crippen molar-refractivity contribution in [2.45, 2.75) is 12.7 Å². The molecule has 0 atom stereocenters. The van der Waals surface area contributed by atoms with Gasteiger partial charge in [-0.15, -0.1) is 0 Å². The molecule has 2 aromatic rings. The van der Waals surface area contributed by atoms with Crippen LogP contribution in [0.15, 0.2) is 30.5 Å². The molecule has 1 heterocycles. The molecule has 2 rings (SSSR count). The van der Waals surface area contributed by atoms with E-state index in [4.69, 9.17) is 0 Å². The Balaban J connectivity index is 2.27. The Morgan fingerprint density at radius 2 is 1.67 bits per heavy atom. The molecule has 0 amide bonds. The van der Waals surface area contributed by atoms with E-state index in [0.29, 0.717) is 0 Å². The summed E-state index contributed by atoms with van der Waals surface area (Å²) < 4.78 is 64.2. The number of nitrogens with zero attached hydrogens (tertiary/aromatic N) is 2. The number of alkyl halides is 3. The minimum Gasteiger partial charge on any atom is -0.268 e. The van der Waals surface area contributed by atoms with Crippen LogP contribution in [-0.2, 0) is 12.7 Å². The summed E-state index contributed by atoms with van der Waals surface area (Å²) in [7, 11) is 0. The van der Waals surface area contributed by atoms with Crippen LogP contribution in [0.1, 0.15) is 11.3 Å². The zero-order valence-electron chi connectivity index (χ0n) is 8.88. The highest BCUT2D eigenvalue weighted by Gasteiger charge is 2.33. The van der Waals surface area contributed by atoms with Crippen LogP contribution < -0.4 is 0 Å². The van der Waals surface area contributed by atoms with Gasteiger partial charge in [0, 0.05) is 11.8 Å². The highest BCUT2D eigenvalue weighted by atomic mass is 19.4. The van der Waals surface area contributed by atoms with E-state index in [1.807, 2.05) is 0 Å². The quantitative estimate of drug-likeness (QED) is 0.760. The van der Waals surface area contributed by atoms with Crippen molar-refractivity contribution in [2.75, 3.05) is 0 Å². The Labute approximate surface area is 98.7 Å². The van der Waals surface area contributed by atoms with Gasteiger partial charge in [-0.3, -0.25) is 4.68 Å². The van der Waals surface area contributed by atoms with Crippen molar-refractivity contribution in [2.24, 2.45) is 0 Å². The van der Waals surface area contributed by atoms with Crippen molar-refractivity contribution < 1.29 is 22.0 Å². The summed E-state index contributed by atoms with van der Waals surface area (Å²) in [5, 5.41) is 3.22. The molecule has 0 saturated heterocycles. The molecule has 0 aliphatic carbocycles. The molecule has 96 valence electrons. The topological polar surface area (TPSA) is 17.8 Å². The van der Waals surface area contributed by atoms with Gasteiger partial charge >= 0.3 is 6.18 Å². The van der Waals surface area contributed by atoms with E-state index < -0.39 is 30.0 Å². The van der Waals surface area contributed by atoms with Crippen molar-refractivity contribution in [3.05, 3.63) is 53.4 Å². The third kappa shape index (κ3) is 2.49. The molecule has 2 nitrogen and oxygen atoms in total. The van der Waals surface area contributed by atoms with Crippen LogP contribution in [-0.4, -0.2) is 9.78 Å². The summed E-state index contributed by atoms with van der Waals surface area (Å²) in [4.78, 5) is 0. The van der Waals surface area contributed by atoms with Crippen molar-refractivity contribution in [1.82, 2.24) is 9.78 Å². The second kappa shape index (κ2) is 4.40. The number of hydrogen-bond donors (Lipinski definition) is 0. The number of benzene rings is 1. The van der Waals surface area contributed by atoms with Crippen LogP contribution in [0.2, 0.25) is 0 Å². The fourth-order valence-corrected chi connectivity index (χ4v) is 1.45. The maximum Gasteiger partial charge on any atom is 0.435 e. The van der Waals surface area contributed by atoms with E-state index in [9.17, 15) is 22.0 Å². The molecule has 7 heteroatoms. The number of halogens is 5. The van der Waals surface area contributed by atoms with Gasteiger partial charge in [-0.2, -0.15) is 18.3 Å². The lowest BCUT2D eigenvalue weighted by Crippen LogP contribution is -2.09. The second-order valence-electron chi connectivity index (χ2n) is 3.60. The lowest BCUT2D eigenvalue weighted by Gasteiger charge is -2.05. The maximum atomic E-state index is 13.3. The van der Waals surface area contributed by atoms with Gasteiger partial charge in [0.1, 0.15) is 11.6 Å². The highest BCUT2D eigenvalue weighted by Crippen LogP contribution is 2.27. The van der Waals surface area contributed by atoms with Gasteiger partial charge in [-0.05, 0) is 18.2 Å². The van der Waals surface area contributed by atoms with Crippen molar-refractivity contribution in [1.29, 1.82) is 0 Å². The average Bonchev–Trinajstić information content (AvgIpc) is 2.72. The molecule has 18 heavy (non-hydrogen) atoms. The van der Waals surface area contributed by atoms with Gasteiger partial charge in [0.25, 0.3) is 0 Å². The van der Waals surface area contributed by atoms with Crippen LogP contribution in [0.3, 0.4) is 0 Å². The first kappa shape index (κ1) is 12.5. The first-order valence-electron chi connectivity index (χ1n) is 4.91. The van der Waals surface area contributed by atoms with Crippen molar-refractivity contribution in [3.8, 4) is 0 Å². The minimum atomic E-state index is -4.57.